The normalized spacial score (nSPS) is 10.3. The van der Waals surface area contributed by atoms with Crippen molar-refractivity contribution in [3.8, 4) is 17.1 Å². The molecule has 6 heteroatoms. The molecule has 1 heterocycles. The number of hydrogen-bond acceptors (Lipinski definition) is 5. The third-order valence-corrected chi connectivity index (χ3v) is 3.71. The second-order valence-corrected chi connectivity index (χ2v) is 5.47. The molecule has 1 aromatic heterocycles. The standard InChI is InChI=1S/C20H18N2O4/c1-2-25-17-9-7-14(8-10-17)18(23)13-26-20(24)16-5-3-15(4-6-16)19-21-11-12-22-19/h3-12H,2,13H2,1H3,(H,21,22). The molecule has 0 saturated carbocycles. The summed E-state index contributed by atoms with van der Waals surface area (Å²) in [4.78, 5) is 31.4. The number of nitrogens with zero attached hydrogens (tertiary/aromatic N) is 1. The van der Waals surface area contributed by atoms with E-state index in [4.69, 9.17) is 9.47 Å². The van der Waals surface area contributed by atoms with Crippen LogP contribution >= 0.6 is 0 Å². The molecule has 2 aromatic carbocycles. The Labute approximate surface area is 150 Å². The fourth-order valence-electron chi connectivity index (χ4n) is 2.39. The van der Waals surface area contributed by atoms with Crippen molar-refractivity contribution in [3.63, 3.8) is 0 Å². The number of nitrogens with one attached hydrogen (secondary N) is 1. The summed E-state index contributed by atoms with van der Waals surface area (Å²) >= 11 is 0. The lowest BCUT2D eigenvalue weighted by atomic mass is 10.1. The Morgan fingerprint density at radius 1 is 1.00 bits per heavy atom. The van der Waals surface area contributed by atoms with E-state index in [1.54, 1.807) is 60.9 Å². The molecule has 6 nitrogen and oxygen atoms in total. The third kappa shape index (κ3) is 4.16. The molecular formula is C20H18N2O4. The molecule has 3 aromatic rings. The van der Waals surface area contributed by atoms with E-state index in [9.17, 15) is 9.59 Å². The van der Waals surface area contributed by atoms with Crippen LogP contribution in [-0.4, -0.2) is 34.9 Å². The molecule has 0 aliphatic heterocycles. The molecular weight excluding hydrogens is 332 g/mol. The van der Waals surface area contributed by atoms with Crippen LogP contribution < -0.4 is 4.74 Å². The SMILES string of the molecule is CCOc1ccc(C(=O)COC(=O)c2ccc(-c3ncc[nH]3)cc2)cc1. The van der Waals surface area contributed by atoms with Crippen LogP contribution in [0.2, 0.25) is 0 Å². The van der Waals surface area contributed by atoms with E-state index in [1.807, 2.05) is 6.92 Å². The molecule has 0 fully saturated rings. The van der Waals surface area contributed by atoms with Crippen LogP contribution in [-0.2, 0) is 4.74 Å². The number of rotatable bonds is 7. The minimum atomic E-state index is -0.546. The molecule has 0 atom stereocenters. The number of H-pyrrole nitrogens is 1. The van der Waals surface area contributed by atoms with Gasteiger partial charge in [0.2, 0.25) is 0 Å². The van der Waals surface area contributed by atoms with Gasteiger partial charge in [-0.15, -0.1) is 0 Å². The molecule has 3 rings (SSSR count). The monoisotopic (exact) mass is 350 g/mol. The van der Waals surface area contributed by atoms with Crippen molar-refractivity contribution in [1.82, 2.24) is 9.97 Å². The van der Waals surface area contributed by atoms with Gasteiger partial charge in [-0.05, 0) is 43.3 Å². The summed E-state index contributed by atoms with van der Waals surface area (Å²) in [5.74, 6) is 0.595. The first kappa shape index (κ1) is 17.4. The Hall–Kier alpha value is -3.41. The highest BCUT2D eigenvalue weighted by Crippen LogP contribution is 2.16. The van der Waals surface area contributed by atoms with Crippen molar-refractivity contribution < 1.29 is 19.1 Å². The van der Waals surface area contributed by atoms with Gasteiger partial charge in [0.1, 0.15) is 11.6 Å². The Bertz CT molecular complexity index is 869. The number of imidazole rings is 1. The number of carbonyl (C=O) groups is 2. The van der Waals surface area contributed by atoms with Gasteiger partial charge in [-0.3, -0.25) is 4.79 Å². The smallest absolute Gasteiger partial charge is 0.338 e. The molecule has 0 aliphatic rings. The van der Waals surface area contributed by atoms with Crippen LogP contribution in [0.25, 0.3) is 11.4 Å². The Morgan fingerprint density at radius 2 is 1.69 bits per heavy atom. The summed E-state index contributed by atoms with van der Waals surface area (Å²) < 4.78 is 10.4. The molecule has 0 amide bonds. The molecule has 0 saturated heterocycles. The van der Waals surface area contributed by atoms with Crippen LogP contribution in [0.15, 0.2) is 60.9 Å². The third-order valence-electron chi connectivity index (χ3n) is 3.71. The van der Waals surface area contributed by atoms with E-state index < -0.39 is 5.97 Å². The van der Waals surface area contributed by atoms with E-state index >= 15 is 0 Å². The van der Waals surface area contributed by atoms with Crippen LogP contribution in [0.3, 0.4) is 0 Å². The van der Waals surface area contributed by atoms with Gasteiger partial charge in [-0.1, -0.05) is 12.1 Å². The predicted molar refractivity (Wildman–Crippen MR) is 96.2 cm³/mol. The van der Waals surface area contributed by atoms with Crippen molar-refractivity contribution in [2.24, 2.45) is 0 Å². The van der Waals surface area contributed by atoms with Gasteiger partial charge in [0.05, 0.1) is 12.2 Å². The number of ether oxygens (including phenoxy) is 2. The average Bonchev–Trinajstić information content (AvgIpc) is 3.21. The number of carbonyl (C=O) groups excluding carboxylic acids is 2. The number of aromatic nitrogens is 2. The highest BCUT2D eigenvalue weighted by Gasteiger charge is 2.12. The molecule has 0 aliphatic carbocycles. The van der Waals surface area contributed by atoms with Gasteiger partial charge in [0, 0.05) is 23.5 Å². The maximum Gasteiger partial charge on any atom is 0.338 e. The van der Waals surface area contributed by atoms with E-state index in [1.165, 1.54) is 0 Å². The van der Waals surface area contributed by atoms with Crippen LogP contribution in [0, 0.1) is 0 Å². The second-order valence-electron chi connectivity index (χ2n) is 5.47. The van der Waals surface area contributed by atoms with Crippen LogP contribution in [0.1, 0.15) is 27.6 Å². The van der Waals surface area contributed by atoms with Gasteiger partial charge in [-0.25, -0.2) is 9.78 Å². The first-order valence-corrected chi connectivity index (χ1v) is 8.20. The molecule has 26 heavy (non-hydrogen) atoms. The summed E-state index contributed by atoms with van der Waals surface area (Å²) in [5.41, 5.74) is 1.70. The molecule has 0 spiro atoms. The Morgan fingerprint density at radius 3 is 2.31 bits per heavy atom. The summed E-state index contributed by atoms with van der Waals surface area (Å²) in [6.07, 6.45) is 3.38. The summed E-state index contributed by atoms with van der Waals surface area (Å²) in [7, 11) is 0. The van der Waals surface area contributed by atoms with Gasteiger partial charge < -0.3 is 14.5 Å². The Balaban J connectivity index is 1.57. The van der Waals surface area contributed by atoms with Crippen LogP contribution in [0.5, 0.6) is 5.75 Å². The molecule has 0 bridgehead atoms. The molecule has 0 unspecified atom stereocenters. The van der Waals surface area contributed by atoms with Gasteiger partial charge >= 0.3 is 5.97 Å². The summed E-state index contributed by atoms with van der Waals surface area (Å²) in [5, 5.41) is 0. The predicted octanol–water partition coefficient (Wildman–Crippen LogP) is 3.52. The average molecular weight is 350 g/mol. The lowest BCUT2D eigenvalue weighted by Gasteiger charge is -2.06. The first-order chi connectivity index (χ1) is 12.7. The number of ketones is 1. The number of esters is 1. The zero-order valence-corrected chi connectivity index (χ0v) is 14.3. The van der Waals surface area contributed by atoms with Gasteiger partial charge in [0.15, 0.2) is 12.4 Å². The van der Waals surface area contributed by atoms with E-state index in [-0.39, 0.29) is 12.4 Å². The highest BCUT2D eigenvalue weighted by atomic mass is 16.5. The van der Waals surface area contributed by atoms with Crippen molar-refractivity contribution >= 4 is 11.8 Å². The Kier molecular flexibility index (Phi) is 5.43. The van der Waals surface area contributed by atoms with Gasteiger partial charge in [-0.2, -0.15) is 0 Å². The largest absolute Gasteiger partial charge is 0.494 e. The fraction of sp³-hybridized carbons (Fsp3) is 0.150. The minimum absolute atomic E-state index is 0.270. The van der Waals surface area contributed by atoms with Crippen LogP contribution in [0.4, 0.5) is 0 Å². The van der Waals surface area contributed by atoms with Gasteiger partial charge in [0.25, 0.3) is 0 Å². The van der Waals surface area contributed by atoms with Crippen molar-refractivity contribution in [1.29, 1.82) is 0 Å². The van der Waals surface area contributed by atoms with Crippen molar-refractivity contribution in [2.45, 2.75) is 6.92 Å². The molecule has 0 radical (unpaired) electrons. The highest BCUT2D eigenvalue weighted by molar-refractivity contribution is 5.99. The molecule has 1 N–H and O–H groups in total. The first-order valence-electron chi connectivity index (χ1n) is 8.20. The summed E-state index contributed by atoms with van der Waals surface area (Å²) in [6.45, 7) is 2.13. The zero-order valence-electron chi connectivity index (χ0n) is 14.3. The van der Waals surface area contributed by atoms with Crippen molar-refractivity contribution in [3.05, 3.63) is 72.1 Å². The number of aromatic amines is 1. The second kappa shape index (κ2) is 8.11. The number of Topliss-reactive ketones (excluding diaryl/α,β-unsaturated/α-hetero) is 1. The quantitative estimate of drug-likeness (QED) is 0.521. The topological polar surface area (TPSA) is 81.3 Å². The fourth-order valence-corrected chi connectivity index (χ4v) is 2.39. The minimum Gasteiger partial charge on any atom is -0.494 e. The lowest BCUT2D eigenvalue weighted by Crippen LogP contribution is -2.14. The van der Waals surface area contributed by atoms with E-state index in [2.05, 4.69) is 9.97 Å². The number of hydrogen-bond donors (Lipinski definition) is 1. The summed E-state index contributed by atoms with van der Waals surface area (Å²) in [6, 6.07) is 13.5. The molecule has 132 valence electrons. The van der Waals surface area contributed by atoms with Crippen molar-refractivity contribution in [2.75, 3.05) is 13.2 Å². The maximum absolute atomic E-state index is 12.1. The van der Waals surface area contributed by atoms with E-state index in [0.29, 0.717) is 23.5 Å². The van der Waals surface area contributed by atoms with E-state index in [0.717, 1.165) is 11.4 Å². The number of benzene rings is 2. The maximum atomic E-state index is 12.1. The zero-order chi connectivity index (χ0) is 18.4. The lowest BCUT2D eigenvalue weighted by molar-refractivity contribution is 0.0474.